The molecule has 0 bridgehead atoms. The zero-order valence-corrected chi connectivity index (χ0v) is 14.2. The minimum atomic E-state index is -1.24. The Balaban J connectivity index is 2.07. The Hall–Kier alpha value is -1.39. The Kier molecular flexibility index (Phi) is 5.24. The number of likely N-dealkylation sites (N-methyl/N-ethyl adjacent to an activating group) is 1. The number of hydrogen-bond donors (Lipinski definition) is 1. The van der Waals surface area contributed by atoms with Gasteiger partial charge in [0.05, 0.1) is 0 Å². The van der Waals surface area contributed by atoms with Crippen LogP contribution in [0.3, 0.4) is 0 Å². The molecule has 4 heteroatoms. The minimum absolute atomic E-state index is 0.139. The van der Waals surface area contributed by atoms with E-state index in [1.807, 2.05) is 19.0 Å². The first-order valence-electron chi connectivity index (χ1n) is 8.07. The van der Waals surface area contributed by atoms with E-state index in [2.05, 4.69) is 38.1 Å². The van der Waals surface area contributed by atoms with Gasteiger partial charge in [-0.3, -0.25) is 4.79 Å². The number of aliphatic hydroxyl groups is 1. The lowest BCUT2D eigenvalue weighted by molar-refractivity contribution is -0.159. The van der Waals surface area contributed by atoms with Gasteiger partial charge >= 0.3 is 0 Å². The van der Waals surface area contributed by atoms with Crippen molar-refractivity contribution in [1.82, 2.24) is 9.80 Å². The van der Waals surface area contributed by atoms with Crippen molar-refractivity contribution in [3.8, 4) is 0 Å². The van der Waals surface area contributed by atoms with E-state index >= 15 is 0 Å². The van der Waals surface area contributed by atoms with Crippen molar-refractivity contribution in [1.29, 1.82) is 0 Å². The number of piperidine rings is 1. The smallest absolute Gasteiger partial charge is 0.256 e. The summed E-state index contributed by atoms with van der Waals surface area (Å²) in [7, 11) is 3.77. The average molecular weight is 304 g/mol. The van der Waals surface area contributed by atoms with Crippen LogP contribution in [0.25, 0.3) is 0 Å². The van der Waals surface area contributed by atoms with Crippen LogP contribution in [-0.4, -0.2) is 53.6 Å². The van der Waals surface area contributed by atoms with Crippen LogP contribution in [0.15, 0.2) is 24.3 Å². The van der Waals surface area contributed by atoms with Gasteiger partial charge in [0, 0.05) is 19.6 Å². The second-order valence-electron chi connectivity index (χ2n) is 7.00. The molecule has 0 aliphatic carbocycles. The highest BCUT2D eigenvalue weighted by Crippen LogP contribution is 2.25. The van der Waals surface area contributed by atoms with Crippen LogP contribution in [0.4, 0.5) is 0 Å². The maximum atomic E-state index is 12.6. The fourth-order valence-electron chi connectivity index (χ4n) is 3.11. The molecular formula is C18H28N2O2. The molecule has 122 valence electrons. The van der Waals surface area contributed by atoms with Crippen LogP contribution < -0.4 is 0 Å². The normalized spacial score (nSPS) is 22.7. The van der Waals surface area contributed by atoms with Crippen LogP contribution >= 0.6 is 0 Å². The molecule has 0 radical (unpaired) electrons. The first kappa shape index (κ1) is 17.0. The third-order valence-corrected chi connectivity index (χ3v) is 4.30. The van der Waals surface area contributed by atoms with E-state index < -0.39 is 5.60 Å². The third kappa shape index (κ3) is 3.87. The molecule has 1 N–H and O–H groups in total. The number of rotatable bonds is 5. The van der Waals surface area contributed by atoms with Crippen molar-refractivity contribution in [3.63, 3.8) is 0 Å². The molecule has 1 aliphatic heterocycles. The van der Waals surface area contributed by atoms with Crippen molar-refractivity contribution in [2.45, 2.75) is 44.8 Å². The second kappa shape index (κ2) is 6.80. The Labute approximate surface area is 133 Å². The van der Waals surface area contributed by atoms with Gasteiger partial charge in [0.2, 0.25) is 0 Å². The molecule has 4 nitrogen and oxygen atoms in total. The van der Waals surface area contributed by atoms with Gasteiger partial charge in [0.1, 0.15) is 0 Å². The number of amides is 1. The summed E-state index contributed by atoms with van der Waals surface area (Å²) in [6.07, 6.45) is 1.40. The topological polar surface area (TPSA) is 43.8 Å². The molecular weight excluding hydrogens is 276 g/mol. The molecule has 1 saturated heterocycles. The van der Waals surface area contributed by atoms with Crippen LogP contribution in [0.2, 0.25) is 0 Å². The van der Waals surface area contributed by atoms with E-state index in [4.69, 9.17) is 0 Å². The van der Waals surface area contributed by atoms with Crippen LogP contribution in [0.1, 0.15) is 43.7 Å². The van der Waals surface area contributed by atoms with E-state index in [9.17, 15) is 9.90 Å². The molecule has 22 heavy (non-hydrogen) atoms. The lowest BCUT2D eigenvalue weighted by atomic mass is 9.91. The Morgan fingerprint density at radius 3 is 2.45 bits per heavy atom. The van der Waals surface area contributed by atoms with Gasteiger partial charge in [0.15, 0.2) is 5.60 Å². The summed E-state index contributed by atoms with van der Waals surface area (Å²) in [4.78, 5) is 16.3. The van der Waals surface area contributed by atoms with Crippen molar-refractivity contribution in [3.05, 3.63) is 35.4 Å². The summed E-state index contributed by atoms with van der Waals surface area (Å²) in [6.45, 7) is 6.02. The molecule has 1 aliphatic rings. The number of carbonyl (C=O) groups excluding carboxylic acids is 1. The first-order valence-corrected chi connectivity index (χ1v) is 8.07. The molecule has 1 heterocycles. The third-order valence-electron chi connectivity index (χ3n) is 4.30. The van der Waals surface area contributed by atoms with Gasteiger partial charge in [-0.2, -0.15) is 0 Å². The monoisotopic (exact) mass is 304 g/mol. The fraction of sp³-hybridized carbons (Fsp3) is 0.611. The quantitative estimate of drug-likeness (QED) is 0.907. The predicted molar refractivity (Wildman–Crippen MR) is 88.7 cm³/mol. The highest BCUT2D eigenvalue weighted by atomic mass is 16.3. The van der Waals surface area contributed by atoms with Gasteiger partial charge in [-0.25, -0.2) is 0 Å². The zero-order valence-electron chi connectivity index (χ0n) is 14.2. The molecule has 1 aromatic carbocycles. The fourth-order valence-corrected chi connectivity index (χ4v) is 3.11. The largest absolute Gasteiger partial charge is 0.379 e. The molecule has 2 rings (SSSR count). The van der Waals surface area contributed by atoms with Gasteiger partial charge < -0.3 is 14.9 Å². The maximum Gasteiger partial charge on any atom is 0.256 e. The van der Waals surface area contributed by atoms with Gasteiger partial charge in [-0.05, 0) is 44.0 Å². The number of hydrogen-bond acceptors (Lipinski definition) is 3. The number of likely N-dealkylation sites (tertiary alicyclic amines) is 1. The lowest BCUT2D eigenvalue weighted by Crippen LogP contribution is -2.57. The predicted octanol–water partition coefficient (Wildman–Crippen LogP) is 2.23. The molecule has 0 aromatic heterocycles. The number of nitrogens with zero attached hydrogens (tertiary/aromatic N) is 2. The highest BCUT2D eigenvalue weighted by molar-refractivity contribution is 5.86. The minimum Gasteiger partial charge on any atom is -0.379 e. The molecule has 1 amide bonds. The second-order valence-corrected chi connectivity index (χ2v) is 7.00. The first-order chi connectivity index (χ1) is 10.3. The van der Waals surface area contributed by atoms with E-state index in [0.29, 0.717) is 25.4 Å². The van der Waals surface area contributed by atoms with Crippen molar-refractivity contribution >= 4 is 5.91 Å². The SMILES string of the molecule is CC(C)c1ccc(CN2CCCC(O)(CN(C)C)C2=O)cc1. The van der Waals surface area contributed by atoms with Crippen LogP contribution in [0.5, 0.6) is 0 Å². The summed E-state index contributed by atoms with van der Waals surface area (Å²) in [6, 6.07) is 8.42. The van der Waals surface area contributed by atoms with Gasteiger partial charge in [-0.15, -0.1) is 0 Å². The molecule has 1 unspecified atom stereocenters. The summed E-state index contributed by atoms with van der Waals surface area (Å²) in [5.74, 6) is 0.372. The van der Waals surface area contributed by atoms with Crippen molar-refractivity contribution in [2.24, 2.45) is 0 Å². The summed E-state index contributed by atoms with van der Waals surface area (Å²) in [5, 5.41) is 10.6. The number of benzene rings is 1. The van der Waals surface area contributed by atoms with Crippen LogP contribution in [-0.2, 0) is 11.3 Å². The van der Waals surface area contributed by atoms with Gasteiger partial charge in [-0.1, -0.05) is 38.1 Å². The van der Waals surface area contributed by atoms with E-state index in [1.54, 1.807) is 4.90 Å². The van der Waals surface area contributed by atoms with Crippen molar-refractivity contribution in [2.75, 3.05) is 27.2 Å². The molecule has 0 saturated carbocycles. The van der Waals surface area contributed by atoms with Gasteiger partial charge in [0.25, 0.3) is 5.91 Å². The standard InChI is InChI=1S/C18H28N2O2/c1-14(2)16-8-6-15(7-9-16)12-20-11-5-10-18(22,17(20)21)13-19(3)4/h6-9,14,22H,5,10-13H2,1-4H3. The average Bonchev–Trinajstić information content (AvgIpc) is 2.44. The van der Waals surface area contributed by atoms with E-state index in [0.717, 1.165) is 18.5 Å². The summed E-state index contributed by atoms with van der Waals surface area (Å²) >= 11 is 0. The van der Waals surface area contributed by atoms with E-state index in [1.165, 1.54) is 5.56 Å². The van der Waals surface area contributed by atoms with E-state index in [-0.39, 0.29) is 5.91 Å². The van der Waals surface area contributed by atoms with Crippen molar-refractivity contribution < 1.29 is 9.90 Å². The molecule has 0 spiro atoms. The summed E-state index contributed by atoms with van der Waals surface area (Å²) < 4.78 is 0. The number of carbonyl (C=O) groups is 1. The highest BCUT2D eigenvalue weighted by Gasteiger charge is 2.42. The summed E-state index contributed by atoms with van der Waals surface area (Å²) in [5.41, 5.74) is 1.18. The van der Waals surface area contributed by atoms with Crippen LogP contribution in [0, 0.1) is 0 Å². The Morgan fingerprint density at radius 2 is 1.91 bits per heavy atom. The zero-order chi connectivity index (χ0) is 16.3. The molecule has 1 atom stereocenters. The Bertz CT molecular complexity index is 510. The molecule has 1 aromatic rings. The Morgan fingerprint density at radius 1 is 1.27 bits per heavy atom. The molecule has 1 fully saturated rings. The lowest BCUT2D eigenvalue weighted by Gasteiger charge is -2.39. The maximum absolute atomic E-state index is 12.6.